The molecule has 0 fully saturated rings. The highest BCUT2D eigenvalue weighted by Gasteiger charge is 2.13. The first-order valence-electron chi connectivity index (χ1n) is 8.51. The van der Waals surface area contributed by atoms with E-state index >= 15 is 0 Å². The number of nitrogens with one attached hydrogen (secondary N) is 2. The second-order valence-electron chi connectivity index (χ2n) is 6.49. The fourth-order valence-electron chi connectivity index (χ4n) is 3.32. The Balaban J connectivity index is 1.54. The Labute approximate surface area is 142 Å². The Kier molecular flexibility index (Phi) is 4.86. The fourth-order valence-corrected chi connectivity index (χ4v) is 3.32. The molecule has 1 heterocycles. The highest BCUT2D eigenvalue weighted by atomic mass is 16.3. The lowest BCUT2D eigenvalue weighted by atomic mass is 9.99. The third kappa shape index (κ3) is 3.60. The molecule has 0 aliphatic rings. The zero-order valence-corrected chi connectivity index (χ0v) is 14.6. The number of aryl methyl sites for hydroxylation is 3. The van der Waals surface area contributed by atoms with Gasteiger partial charge in [-0.2, -0.15) is 0 Å². The van der Waals surface area contributed by atoms with Crippen LogP contribution in [-0.4, -0.2) is 21.6 Å². The van der Waals surface area contributed by atoms with Gasteiger partial charge < -0.3 is 15.4 Å². The van der Waals surface area contributed by atoms with Gasteiger partial charge >= 0.3 is 0 Å². The molecule has 0 bridgehead atoms. The molecule has 1 unspecified atom stereocenters. The first kappa shape index (κ1) is 16.5. The Hall–Kier alpha value is -2.33. The fraction of sp³-hybridized carbons (Fsp3) is 0.350. The van der Waals surface area contributed by atoms with Crippen molar-refractivity contribution in [2.45, 2.75) is 39.7 Å². The minimum absolute atomic E-state index is 0.126. The maximum Gasteiger partial charge on any atom is 0.120 e. The number of phenols is 1. The lowest BCUT2D eigenvalue weighted by molar-refractivity contribution is 0.450. The molecule has 0 aliphatic carbocycles. The van der Waals surface area contributed by atoms with Crippen molar-refractivity contribution in [2.24, 2.45) is 0 Å². The van der Waals surface area contributed by atoms with E-state index in [0.29, 0.717) is 5.75 Å². The lowest BCUT2D eigenvalue weighted by Gasteiger charge is -2.18. The zero-order valence-electron chi connectivity index (χ0n) is 14.6. The quantitative estimate of drug-likeness (QED) is 0.597. The summed E-state index contributed by atoms with van der Waals surface area (Å²) in [4.78, 5) is 7.96. The molecule has 2 aromatic carbocycles. The Morgan fingerprint density at radius 2 is 2.00 bits per heavy atom. The molecule has 3 N–H and O–H groups in total. The maximum atomic E-state index is 10.2. The van der Waals surface area contributed by atoms with E-state index in [1.165, 1.54) is 0 Å². The summed E-state index contributed by atoms with van der Waals surface area (Å²) in [7, 11) is 0. The molecule has 0 radical (unpaired) electrons. The largest absolute Gasteiger partial charge is 0.508 e. The normalized spacial score (nSPS) is 12.6. The van der Waals surface area contributed by atoms with Crippen LogP contribution in [0.3, 0.4) is 0 Å². The van der Waals surface area contributed by atoms with Crippen LogP contribution in [0.4, 0.5) is 0 Å². The third-order valence-corrected chi connectivity index (χ3v) is 4.42. The van der Waals surface area contributed by atoms with Crippen LogP contribution in [0.5, 0.6) is 5.75 Å². The van der Waals surface area contributed by atoms with Gasteiger partial charge in [-0.15, -0.1) is 0 Å². The minimum atomic E-state index is 0.126. The number of aromatic hydroxyl groups is 1. The van der Waals surface area contributed by atoms with E-state index in [1.807, 2.05) is 31.2 Å². The van der Waals surface area contributed by atoms with Crippen LogP contribution >= 0.6 is 0 Å². The summed E-state index contributed by atoms with van der Waals surface area (Å²) < 4.78 is 0. The summed E-state index contributed by atoms with van der Waals surface area (Å²) in [6, 6.07) is 12.2. The van der Waals surface area contributed by atoms with Crippen molar-refractivity contribution in [2.75, 3.05) is 6.54 Å². The van der Waals surface area contributed by atoms with Crippen molar-refractivity contribution in [3.63, 3.8) is 0 Å². The number of para-hydroxylation sites is 2. The third-order valence-electron chi connectivity index (χ3n) is 4.42. The Morgan fingerprint density at radius 3 is 2.75 bits per heavy atom. The van der Waals surface area contributed by atoms with Crippen LogP contribution in [0, 0.1) is 13.8 Å². The highest BCUT2D eigenvalue weighted by Crippen LogP contribution is 2.28. The molecule has 0 aliphatic heterocycles. The van der Waals surface area contributed by atoms with Gasteiger partial charge in [0, 0.05) is 18.0 Å². The van der Waals surface area contributed by atoms with Gasteiger partial charge in [0.1, 0.15) is 11.6 Å². The standard InChI is InChI=1S/C20H25N3O/c1-13-11-14(2)20(18(24)12-13)15(3)21-10-6-9-19-22-16-7-4-5-8-17(16)23-19/h4-5,7-8,11-12,15,21,24H,6,9-10H2,1-3H3,(H,22,23). The number of phenolic OH excluding ortho intramolecular Hbond substituents is 1. The predicted octanol–water partition coefficient (Wildman–Crippen LogP) is 4.17. The number of fused-ring (bicyclic) bond motifs is 1. The molecule has 4 nitrogen and oxygen atoms in total. The maximum absolute atomic E-state index is 10.2. The topological polar surface area (TPSA) is 60.9 Å². The second kappa shape index (κ2) is 7.05. The first-order valence-corrected chi connectivity index (χ1v) is 8.51. The van der Waals surface area contributed by atoms with Gasteiger partial charge in [0.05, 0.1) is 11.0 Å². The monoisotopic (exact) mass is 323 g/mol. The van der Waals surface area contributed by atoms with Crippen LogP contribution in [0.15, 0.2) is 36.4 Å². The van der Waals surface area contributed by atoms with Crippen LogP contribution in [0.2, 0.25) is 0 Å². The van der Waals surface area contributed by atoms with Crippen LogP contribution in [0.1, 0.15) is 41.9 Å². The van der Waals surface area contributed by atoms with Gasteiger partial charge in [0.2, 0.25) is 0 Å². The van der Waals surface area contributed by atoms with Crippen LogP contribution in [0.25, 0.3) is 11.0 Å². The smallest absolute Gasteiger partial charge is 0.120 e. The molecule has 0 saturated carbocycles. The summed E-state index contributed by atoms with van der Waals surface area (Å²) in [5.74, 6) is 1.41. The summed E-state index contributed by atoms with van der Waals surface area (Å²) in [6.45, 7) is 7.03. The SMILES string of the molecule is Cc1cc(C)c(C(C)NCCCc2nc3ccccc3[nH]2)c(O)c1. The number of H-pyrrole nitrogens is 1. The van der Waals surface area contributed by atoms with E-state index in [2.05, 4.69) is 41.3 Å². The van der Waals surface area contributed by atoms with Crippen molar-refractivity contribution in [3.8, 4) is 5.75 Å². The van der Waals surface area contributed by atoms with Gasteiger partial charge in [-0.1, -0.05) is 18.2 Å². The lowest BCUT2D eigenvalue weighted by Crippen LogP contribution is -2.21. The van der Waals surface area contributed by atoms with Crippen molar-refractivity contribution < 1.29 is 5.11 Å². The van der Waals surface area contributed by atoms with E-state index in [1.54, 1.807) is 0 Å². The molecule has 0 spiro atoms. The highest BCUT2D eigenvalue weighted by molar-refractivity contribution is 5.74. The molecule has 0 amide bonds. The summed E-state index contributed by atoms with van der Waals surface area (Å²) in [6.07, 6.45) is 1.91. The molecule has 1 aromatic heterocycles. The second-order valence-corrected chi connectivity index (χ2v) is 6.49. The van der Waals surface area contributed by atoms with Crippen molar-refractivity contribution in [3.05, 3.63) is 58.9 Å². The van der Waals surface area contributed by atoms with Gasteiger partial charge in [0.15, 0.2) is 0 Å². The Bertz CT molecular complexity index is 782. The molecule has 126 valence electrons. The molecular formula is C20H25N3O. The number of nitrogens with zero attached hydrogens (tertiary/aromatic N) is 1. The minimum Gasteiger partial charge on any atom is -0.508 e. The van der Waals surface area contributed by atoms with E-state index < -0.39 is 0 Å². The molecule has 24 heavy (non-hydrogen) atoms. The van der Waals surface area contributed by atoms with Gasteiger partial charge in [-0.3, -0.25) is 0 Å². The number of hydrogen-bond donors (Lipinski definition) is 3. The number of aromatic amines is 1. The van der Waals surface area contributed by atoms with Crippen LogP contribution in [-0.2, 0) is 6.42 Å². The predicted molar refractivity (Wildman–Crippen MR) is 98.4 cm³/mol. The number of aromatic nitrogens is 2. The average molecular weight is 323 g/mol. The van der Waals surface area contributed by atoms with Crippen molar-refractivity contribution in [1.82, 2.24) is 15.3 Å². The number of rotatable bonds is 6. The molecule has 3 aromatic rings. The molecular weight excluding hydrogens is 298 g/mol. The van der Waals surface area contributed by atoms with Gasteiger partial charge in [-0.25, -0.2) is 4.98 Å². The van der Waals surface area contributed by atoms with Crippen molar-refractivity contribution in [1.29, 1.82) is 0 Å². The molecule has 0 saturated heterocycles. The van der Waals surface area contributed by atoms with E-state index in [9.17, 15) is 5.11 Å². The summed E-state index contributed by atoms with van der Waals surface area (Å²) in [5.41, 5.74) is 5.32. The molecule has 4 heteroatoms. The Morgan fingerprint density at radius 1 is 1.21 bits per heavy atom. The van der Waals surface area contributed by atoms with Gasteiger partial charge in [0.25, 0.3) is 0 Å². The van der Waals surface area contributed by atoms with E-state index in [-0.39, 0.29) is 6.04 Å². The average Bonchev–Trinajstić information content (AvgIpc) is 2.93. The van der Waals surface area contributed by atoms with Crippen molar-refractivity contribution >= 4 is 11.0 Å². The number of benzene rings is 2. The van der Waals surface area contributed by atoms with E-state index in [0.717, 1.165) is 52.9 Å². The van der Waals surface area contributed by atoms with Crippen LogP contribution < -0.4 is 5.32 Å². The number of imidazole rings is 1. The number of hydrogen-bond acceptors (Lipinski definition) is 3. The first-order chi connectivity index (χ1) is 11.5. The molecule has 3 rings (SSSR count). The summed E-state index contributed by atoms with van der Waals surface area (Å²) >= 11 is 0. The van der Waals surface area contributed by atoms with Gasteiger partial charge in [-0.05, 0) is 63.1 Å². The van der Waals surface area contributed by atoms with E-state index in [4.69, 9.17) is 0 Å². The summed E-state index contributed by atoms with van der Waals surface area (Å²) in [5, 5.41) is 13.7. The molecule has 1 atom stereocenters. The zero-order chi connectivity index (χ0) is 17.1.